The number of nitrogens with zero attached hydrogens (tertiary/aromatic N) is 4. The van der Waals surface area contributed by atoms with E-state index in [9.17, 15) is 9.59 Å². The topological polar surface area (TPSA) is 87.8 Å². The Morgan fingerprint density at radius 1 is 1.44 bits per heavy atom. The van der Waals surface area contributed by atoms with Crippen LogP contribution in [0.15, 0.2) is 24.5 Å². The molecule has 2 aromatic heterocycles. The van der Waals surface area contributed by atoms with E-state index in [1.54, 1.807) is 18.3 Å². The molecule has 94 valence electrons. The molecule has 0 saturated heterocycles. The fraction of sp³-hybridized carbons (Fsp3) is 0.273. The molecule has 7 nitrogen and oxygen atoms in total. The second-order valence-electron chi connectivity index (χ2n) is 3.89. The number of carbonyl (C=O) groups excluding carboxylic acids is 1. The summed E-state index contributed by atoms with van der Waals surface area (Å²) in [6.07, 6.45) is 2.94. The average Bonchev–Trinajstić information content (AvgIpc) is 2.79. The van der Waals surface area contributed by atoms with Crippen LogP contribution in [0.5, 0.6) is 0 Å². The zero-order chi connectivity index (χ0) is 13.3. The van der Waals surface area contributed by atoms with Crippen LogP contribution in [0.25, 0.3) is 5.52 Å². The molecule has 1 N–H and O–H groups in total. The van der Waals surface area contributed by atoms with Gasteiger partial charge in [-0.2, -0.15) is 14.8 Å². The summed E-state index contributed by atoms with van der Waals surface area (Å²) >= 11 is 0. The Labute approximate surface area is 103 Å². The van der Waals surface area contributed by atoms with E-state index in [4.69, 9.17) is 5.11 Å². The summed E-state index contributed by atoms with van der Waals surface area (Å²) in [5, 5.41) is 16.8. The lowest BCUT2D eigenvalue weighted by atomic mass is 10.2. The molecule has 0 bridgehead atoms. The molecule has 0 saturated carbocycles. The second kappa shape index (κ2) is 4.44. The number of amides is 1. The number of aromatic nitrogens is 3. The number of aliphatic carboxylic acids is 1. The first-order chi connectivity index (χ1) is 8.52. The summed E-state index contributed by atoms with van der Waals surface area (Å²) in [4.78, 5) is 24.2. The molecule has 0 aromatic carbocycles. The highest BCUT2D eigenvalue weighted by Crippen LogP contribution is 2.12. The third-order valence-corrected chi connectivity index (χ3v) is 2.79. The van der Waals surface area contributed by atoms with Crippen molar-refractivity contribution in [2.24, 2.45) is 0 Å². The first kappa shape index (κ1) is 12.0. The molecule has 18 heavy (non-hydrogen) atoms. The van der Waals surface area contributed by atoms with Crippen LogP contribution in [-0.4, -0.2) is 49.8 Å². The second-order valence-corrected chi connectivity index (χ2v) is 3.89. The van der Waals surface area contributed by atoms with Gasteiger partial charge in [0, 0.05) is 13.2 Å². The minimum absolute atomic E-state index is 0.332. The molecule has 0 aliphatic rings. The number of carboxylic acid groups (broad SMARTS) is 1. The maximum atomic E-state index is 12.1. The largest absolute Gasteiger partial charge is 0.480 e. The summed E-state index contributed by atoms with van der Waals surface area (Å²) in [6.45, 7) is 1.45. The highest BCUT2D eigenvalue weighted by molar-refractivity contribution is 6.01. The van der Waals surface area contributed by atoms with Crippen molar-refractivity contribution in [3.8, 4) is 0 Å². The molecule has 2 aromatic rings. The molecule has 7 heteroatoms. The summed E-state index contributed by atoms with van der Waals surface area (Å²) in [5.74, 6) is -1.45. The van der Waals surface area contributed by atoms with E-state index in [0.29, 0.717) is 11.1 Å². The van der Waals surface area contributed by atoms with Gasteiger partial charge in [-0.3, -0.25) is 4.79 Å². The molecule has 0 fully saturated rings. The van der Waals surface area contributed by atoms with Crippen molar-refractivity contribution < 1.29 is 14.7 Å². The van der Waals surface area contributed by atoms with Crippen LogP contribution in [0.3, 0.4) is 0 Å². The smallest absolute Gasteiger partial charge is 0.326 e. The van der Waals surface area contributed by atoms with Gasteiger partial charge in [0.15, 0.2) is 0 Å². The number of likely N-dealkylation sites (N-methyl/N-ethyl adjacent to an activating group) is 1. The SMILES string of the molecule is CC(C(=O)O)N(C)C(=O)c1cnn2ncccc12. The molecule has 0 aliphatic heterocycles. The molecule has 1 amide bonds. The maximum absolute atomic E-state index is 12.1. The average molecular weight is 248 g/mol. The lowest BCUT2D eigenvalue weighted by molar-refractivity contribution is -0.141. The van der Waals surface area contributed by atoms with Gasteiger partial charge in [0.1, 0.15) is 11.6 Å². The zero-order valence-corrected chi connectivity index (χ0v) is 9.94. The summed E-state index contributed by atoms with van der Waals surface area (Å²) in [6, 6.07) is 2.49. The van der Waals surface area contributed by atoms with E-state index in [1.165, 1.54) is 24.8 Å². The number of carboxylic acids is 1. The molecule has 1 unspecified atom stereocenters. The third kappa shape index (κ3) is 1.90. The standard InChI is InChI=1S/C11H12N4O3/c1-7(11(17)18)14(2)10(16)8-6-13-15-9(8)4-3-5-12-15/h3-7H,1-2H3,(H,17,18). The van der Waals surface area contributed by atoms with E-state index >= 15 is 0 Å². The van der Waals surface area contributed by atoms with Gasteiger partial charge in [0.2, 0.25) is 0 Å². The number of carbonyl (C=O) groups is 2. The minimum atomic E-state index is -1.06. The van der Waals surface area contributed by atoms with Crippen molar-refractivity contribution in [3.05, 3.63) is 30.1 Å². The first-order valence-electron chi connectivity index (χ1n) is 5.31. The van der Waals surface area contributed by atoms with Crippen molar-refractivity contribution >= 4 is 17.4 Å². The van der Waals surface area contributed by atoms with Crippen molar-refractivity contribution in [2.75, 3.05) is 7.05 Å². The predicted octanol–water partition coefficient (Wildman–Crippen LogP) is 0.274. The number of fused-ring (bicyclic) bond motifs is 1. The molecule has 2 rings (SSSR count). The zero-order valence-electron chi connectivity index (χ0n) is 9.94. The van der Waals surface area contributed by atoms with Crippen molar-refractivity contribution in [2.45, 2.75) is 13.0 Å². The molecular formula is C11H12N4O3. The Balaban J connectivity index is 2.37. The first-order valence-corrected chi connectivity index (χ1v) is 5.31. The molecular weight excluding hydrogens is 236 g/mol. The van der Waals surface area contributed by atoms with E-state index in [1.807, 2.05) is 0 Å². The summed E-state index contributed by atoms with van der Waals surface area (Å²) in [7, 11) is 1.45. The molecule has 0 radical (unpaired) electrons. The monoisotopic (exact) mass is 248 g/mol. The van der Waals surface area contributed by atoms with Crippen LogP contribution in [-0.2, 0) is 4.79 Å². The van der Waals surface area contributed by atoms with E-state index in [0.717, 1.165) is 4.90 Å². The molecule has 0 spiro atoms. The number of hydrogen-bond donors (Lipinski definition) is 1. The predicted molar refractivity (Wildman–Crippen MR) is 62.2 cm³/mol. The molecule has 2 heterocycles. The van der Waals surface area contributed by atoms with Gasteiger partial charge in [-0.05, 0) is 19.1 Å². The number of hydrogen-bond acceptors (Lipinski definition) is 4. The lowest BCUT2D eigenvalue weighted by Crippen LogP contribution is -2.40. The Bertz CT molecular complexity index is 607. The normalized spacial score (nSPS) is 12.3. The van der Waals surface area contributed by atoms with Gasteiger partial charge in [-0.1, -0.05) is 0 Å². The van der Waals surface area contributed by atoms with Crippen molar-refractivity contribution in [3.63, 3.8) is 0 Å². The van der Waals surface area contributed by atoms with Crippen molar-refractivity contribution in [1.29, 1.82) is 0 Å². The van der Waals surface area contributed by atoms with Gasteiger partial charge in [-0.15, -0.1) is 0 Å². The Morgan fingerprint density at radius 2 is 2.17 bits per heavy atom. The van der Waals surface area contributed by atoms with E-state index in [-0.39, 0.29) is 0 Å². The maximum Gasteiger partial charge on any atom is 0.326 e. The molecule has 1 atom stereocenters. The van der Waals surface area contributed by atoms with Crippen LogP contribution in [0, 0.1) is 0 Å². The Kier molecular flexibility index (Phi) is 2.97. The van der Waals surface area contributed by atoms with Crippen LogP contribution in [0.2, 0.25) is 0 Å². The van der Waals surface area contributed by atoms with Crippen LogP contribution in [0.4, 0.5) is 0 Å². The minimum Gasteiger partial charge on any atom is -0.480 e. The van der Waals surface area contributed by atoms with E-state index in [2.05, 4.69) is 10.2 Å². The highest BCUT2D eigenvalue weighted by Gasteiger charge is 2.25. The van der Waals surface area contributed by atoms with Crippen LogP contribution < -0.4 is 0 Å². The summed E-state index contributed by atoms with van der Waals surface area (Å²) in [5.41, 5.74) is 0.880. The fourth-order valence-corrected chi connectivity index (χ4v) is 1.53. The van der Waals surface area contributed by atoms with Gasteiger partial charge < -0.3 is 10.0 Å². The van der Waals surface area contributed by atoms with E-state index < -0.39 is 17.9 Å². The third-order valence-electron chi connectivity index (χ3n) is 2.79. The van der Waals surface area contributed by atoms with Gasteiger partial charge in [-0.25, -0.2) is 4.79 Å². The Hall–Kier alpha value is -2.44. The van der Waals surface area contributed by atoms with Gasteiger partial charge in [0.25, 0.3) is 5.91 Å². The van der Waals surface area contributed by atoms with Crippen molar-refractivity contribution in [1.82, 2.24) is 19.7 Å². The molecule has 0 aliphatic carbocycles. The fourth-order valence-electron chi connectivity index (χ4n) is 1.53. The lowest BCUT2D eigenvalue weighted by Gasteiger charge is -2.20. The van der Waals surface area contributed by atoms with Gasteiger partial charge in [0.05, 0.1) is 11.8 Å². The number of rotatable bonds is 3. The Morgan fingerprint density at radius 3 is 2.83 bits per heavy atom. The quantitative estimate of drug-likeness (QED) is 0.842. The summed E-state index contributed by atoms with van der Waals surface area (Å²) < 4.78 is 1.33. The van der Waals surface area contributed by atoms with Gasteiger partial charge >= 0.3 is 5.97 Å². The van der Waals surface area contributed by atoms with Crippen LogP contribution in [0.1, 0.15) is 17.3 Å². The highest BCUT2D eigenvalue weighted by atomic mass is 16.4. The van der Waals surface area contributed by atoms with Crippen LogP contribution >= 0.6 is 0 Å².